The summed E-state index contributed by atoms with van der Waals surface area (Å²) in [5.41, 5.74) is -3.29. The molecule has 0 fully saturated rings. The van der Waals surface area contributed by atoms with Crippen LogP contribution in [0.4, 0.5) is 0 Å². The molecule has 2 N–H and O–H groups in total. The van der Waals surface area contributed by atoms with Crippen molar-refractivity contribution in [3.8, 4) is 0 Å². The lowest BCUT2D eigenvalue weighted by Gasteiger charge is -2.04. The smallest absolute Gasteiger partial charge is 0.316 e. The van der Waals surface area contributed by atoms with Crippen molar-refractivity contribution in [2.75, 3.05) is 12.4 Å². The van der Waals surface area contributed by atoms with Crippen LogP contribution in [0.25, 0.3) is 0 Å². The normalized spacial score (nSPS) is 11.2. The van der Waals surface area contributed by atoms with Gasteiger partial charge >= 0.3 is 5.97 Å². The predicted molar refractivity (Wildman–Crippen MR) is 47.8 cm³/mol. The van der Waals surface area contributed by atoms with Gasteiger partial charge in [-0.25, -0.2) is 0 Å². The Morgan fingerprint density at radius 2 is 2.27 bits per heavy atom. The zero-order valence-corrected chi connectivity index (χ0v) is 8.42. The second kappa shape index (κ2) is 5.11. The summed E-state index contributed by atoms with van der Waals surface area (Å²) in [7, 11) is 0. The molecule has 0 unspecified atom stereocenters. The van der Waals surface area contributed by atoms with Crippen LogP contribution in [0, 0.1) is 0 Å². The van der Waals surface area contributed by atoms with Crippen molar-refractivity contribution in [2.24, 2.45) is 0 Å². The molecule has 0 aliphatic carbocycles. The molecule has 11 heavy (non-hydrogen) atoms. The first-order chi connectivity index (χ1) is 4.95. The fraction of sp³-hybridized carbons (Fsp3) is 0.750. The van der Waals surface area contributed by atoms with E-state index in [1.807, 2.05) is 0 Å². The van der Waals surface area contributed by atoms with Gasteiger partial charge in [0.2, 0.25) is 5.69 Å². The molecule has 0 radical (unpaired) electrons. The van der Waals surface area contributed by atoms with E-state index < -0.39 is 11.7 Å². The standard InChI is InChI=1S/C4H9O4PS2/c1-2-8-4(5)3-11-9(6,7)10/h2-3H2,1H3,(H2,6,7,10). The van der Waals surface area contributed by atoms with E-state index in [4.69, 9.17) is 9.79 Å². The number of carbonyl (C=O) groups excluding carboxylic acids is 1. The van der Waals surface area contributed by atoms with Gasteiger partial charge in [0.05, 0.1) is 6.61 Å². The topological polar surface area (TPSA) is 66.8 Å². The SMILES string of the molecule is CCOC(=O)CSP(O)(O)=S. The average Bonchev–Trinajstić information content (AvgIpc) is 1.83. The Kier molecular flexibility index (Phi) is 5.29. The number of carbonyl (C=O) groups is 1. The minimum absolute atomic E-state index is 0.0991. The van der Waals surface area contributed by atoms with Gasteiger partial charge in [-0.2, -0.15) is 0 Å². The van der Waals surface area contributed by atoms with Crippen LogP contribution in [0.5, 0.6) is 0 Å². The molecule has 0 spiro atoms. The molecule has 4 nitrogen and oxygen atoms in total. The average molecular weight is 216 g/mol. The summed E-state index contributed by atoms with van der Waals surface area (Å²) >= 11 is 4.91. The second-order valence-electron chi connectivity index (χ2n) is 1.57. The first kappa shape index (κ1) is 11.4. The lowest BCUT2D eigenvalue weighted by atomic mass is 10.8. The summed E-state index contributed by atoms with van der Waals surface area (Å²) in [6, 6.07) is 0. The zero-order chi connectivity index (χ0) is 8.91. The fourth-order valence-electron chi connectivity index (χ4n) is 0.339. The monoisotopic (exact) mass is 216 g/mol. The first-order valence-corrected chi connectivity index (χ1v) is 7.11. The zero-order valence-electron chi connectivity index (χ0n) is 5.89. The number of hydrogen-bond acceptors (Lipinski definition) is 4. The van der Waals surface area contributed by atoms with Crippen molar-refractivity contribution in [3.63, 3.8) is 0 Å². The van der Waals surface area contributed by atoms with Crippen molar-refractivity contribution in [2.45, 2.75) is 6.92 Å². The van der Waals surface area contributed by atoms with E-state index in [1.54, 1.807) is 6.92 Å². The molecule has 0 saturated carbocycles. The number of ether oxygens (including phenoxy) is 1. The molecule has 7 heteroatoms. The Bertz CT molecular complexity index is 177. The van der Waals surface area contributed by atoms with E-state index in [2.05, 4.69) is 16.5 Å². The Labute approximate surface area is 73.9 Å². The largest absolute Gasteiger partial charge is 0.465 e. The van der Waals surface area contributed by atoms with Crippen LogP contribution in [0.1, 0.15) is 6.92 Å². The van der Waals surface area contributed by atoms with Gasteiger partial charge in [-0.3, -0.25) is 4.79 Å². The van der Waals surface area contributed by atoms with Crippen molar-refractivity contribution in [1.29, 1.82) is 0 Å². The second-order valence-corrected chi connectivity index (χ2v) is 7.62. The summed E-state index contributed by atoms with van der Waals surface area (Å²) in [6.45, 7) is 1.97. The highest BCUT2D eigenvalue weighted by atomic mass is 32.9. The van der Waals surface area contributed by atoms with Crippen LogP contribution in [0.3, 0.4) is 0 Å². The molecule has 0 rings (SSSR count). The molecule has 0 bridgehead atoms. The van der Waals surface area contributed by atoms with Gasteiger partial charge in [0.25, 0.3) is 0 Å². The summed E-state index contributed by atoms with van der Waals surface area (Å²) < 4.78 is 4.53. The lowest BCUT2D eigenvalue weighted by Crippen LogP contribution is -2.06. The highest BCUT2D eigenvalue weighted by Gasteiger charge is 2.11. The van der Waals surface area contributed by atoms with Crippen LogP contribution in [-0.4, -0.2) is 28.1 Å². The van der Waals surface area contributed by atoms with E-state index in [0.29, 0.717) is 18.0 Å². The van der Waals surface area contributed by atoms with E-state index in [-0.39, 0.29) is 5.75 Å². The van der Waals surface area contributed by atoms with Crippen LogP contribution >= 0.6 is 17.1 Å². The van der Waals surface area contributed by atoms with Crippen molar-refractivity contribution >= 4 is 34.9 Å². The van der Waals surface area contributed by atoms with Crippen LogP contribution in [0.2, 0.25) is 0 Å². The Balaban J connectivity index is 3.55. The van der Waals surface area contributed by atoms with Gasteiger partial charge in [0.15, 0.2) is 0 Å². The summed E-state index contributed by atoms with van der Waals surface area (Å²) in [5.74, 6) is -0.576. The van der Waals surface area contributed by atoms with Crippen LogP contribution in [-0.2, 0) is 21.3 Å². The van der Waals surface area contributed by atoms with Crippen LogP contribution in [0.15, 0.2) is 0 Å². The van der Waals surface area contributed by atoms with E-state index in [0.717, 1.165) is 0 Å². The maximum absolute atomic E-state index is 10.6. The van der Waals surface area contributed by atoms with E-state index in [9.17, 15) is 4.79 Å². The van der Waals surface area contributed by atoms with Gasteiger partial charge in [-0.05, 0) is 18.7 Å². The number of esters is 1. The Morgan fingerprint density at radius 1 is 1.73 bits per heavy atom. The molecule has 66 valence electrons. The fourth-order valence-corrected chi connectivity index (χ4v) is 1.99. The third-order valence-electron chi connectivity index (χ3n) is 0.656. The highest BCUT2D eigenvalue weighted by molar-refractivity contribution is 8.67. The van der Waals surface area contributed by atoms with Gasteiger partial charge in [-0.1, -0.05) is 11.4 Å². The molecular formula is C4H9O4PS2. The molecule has 0 amide bonds. The molecule has 0 aliphatic heterocycles. The third kappa shape index (κ3) is 8.29. The van der Waals surface area contributed by atoms with Gasteiger partial charge in [-0.15, -0.1) is 0 Å². The molecule has 0 atom stereocenters. The molecule has 0 aromatic carbocycles. The quantitative estimate of drug-likeness (QED) is 0.526. The van der Waals surface area contributed by atoms with Crippen molar-refractivity contribution in [3.05, 3.63) is 0 Å². The number of rotatable bonds is 4. The third-order valence-corrected chi connectivity index (χ3v) is 3.70. The molecule has 0 heterocycles. The minimum atomic E-state index is -3.29. The molecule has 0 aliphatic rings. The van der Waals surface area contributed by atoms with E-state index in [1.165, 1.54) is 0 Å². The molecule has 0 aromatic rings. The molecular weight excluding hydrogens is 207 g/mol. The maximum atomic E-state index is 10.6. The molecule has 0 saturated heterocycles. The summed E-state index contributed by atoms with van der Waals surface area (Å²) in [4.78, 5) is 27.9. The number of hydrogen-bond donors (Lipinski definition) is 2. The Hall–Kier alpha value is 0.390. The first-order valence-electron chi connectivity index (χ1n) is 2.81. The van der Waals surface area contributed by atoms with Crippen molar-refractivity contribution < 1.29 is 19.3 Å². The highest BCUT2D eigenvalue weighted by Crippen LogP contribution is 2.50. The molecule has 0 aromatic heterocycles. The van der Waals surface area contributed by atoms with E-state index >= 15 is 0 Å². The van der Waals surface area contributed by atoms with Crippen molar-refractivity contribution in [1.82, 2.24) is 0 Å². The lowest BCUT2D eigenvalue weighted by molar-refractivity contribution is -0.139. The Morgan fingerprint density at radius 3 is 2.64 bits per heavy atom. The van der Waals surface area contributed by atoms with Gasteiger partial charge < -0.3 is 14.5 Å². The van der Waals surface area contributed by atoms with Gasteiger partial charge in [0, 0.05) is 0 Å². The summed E-state index contributed by atoms with van der Waals surface area (Å²) in [5, 5.41) is 0. The predicted octanol–water partition coefficient (Wildman–Crippen LogP) is 0.492. The maximum Gasteiger partial charge on any atom is 0.316 e. The van der Waals surface area contributed by atoms with Crippen LogP contribution < -0.4 is 0 Å². The minimum Gasteiger partial charge on any atom is -0.465 e. The summed E-state index contributed by atoms with van der Waals surface area (Å²) in [6.07, 6.45) is 0. The van der Waals surface area contributed by atoms with Gasteiger partial charge in [0.1, 0.15) is 5.75 Å².